The number of anilines is 1. The molecule has 1 heterocycles. The number of benzene rings is 1. The zero-order chi connectivity index (χ0) is 18.0. The number of hydrogen-bond donors (Lipinski definition) is 1. The SMILES string of the molecule is C=C(C)[C@@H]1CC=C(C)/C(=N\Nc2nc3ccccc3c(=O)n2CC)C1. The van der Waals surface area contributed by atoms with E-state index < -0.39 is 0 Å². The molecule has 1 atom stereocenters. The van der Waals surface area contributed by atoms with Crippen LogP contribution in [0.4, 0.5) is 5.95 Å². The van der Waals surface area contributed by atoms with Crippen LogP contribution in [0.25, 0.3) is 10.9 Å². The first kappa shape index (κ1) is 17.1. The van der Waals surface area contributed by atoms with Gasteiger partial charge in [0.2, 0.25) is 5.95 Å². The van der Waals surface area contributed by atoms with E-state index in [0.29, 0.717) is 29.3 Å². The van der Waals surface area contributed by atoms with Crippen molar-refractivity contribution in [1.29, 1.82) is 0 Å². The van der Waals surface area contributed by atoms with Crippen LogP contribution >= 0.6 is 0 Å². The molecule has 5 nitrogen and oxygen atoms in total. The molecule has 1 aliphatic carbocycles. The van der Waals surface area contributed by atoms with Crippen LogP contribution in [0.2, 0.25) is 0 Å². The first-order valence-electron chi connectivity index (χ1n) is 8.66. The number of aromatic nitrogens is 2. The summed E-state index contributed by atoms with van der Waals surface area (Å²) in [4.78, 5) is 17.2. The van der Waals surface area contributed by atoms with E-state index in [0.717, 1.165) is 24.1 Å². The molecule has 0 fully saturated rings. The molecule has 3 rings (SSSR count). The number of nitrogens with one attached hydrogen (secondary N) is 1. The van der Waals surface area contributed by atoms with Crippen molar-refractivity contribution in [2.45, 2.75) is 40.2 Å². The summed E-state index contributed by atoms with van der Waals surface area (Å²) < 4.78 is 1.62. The maximum atomic E-state index is 12.6. The van der Waals surface area contributed by atoms with Gasteiger partial charge in [-0.3, -0.25) is 9.36 Å². The number of fused-ring (bicyclic) bond motifs is 1. The fraction of sp³-hybridized carbons (Fsp3) is 0.350. The van der Waals surface area contributed by atoms with E-state index in [9.17, 15) is 4.79 Å². The van der Waals surface area contributed by atoms with Crippen molar-refractivity contribution >= 4 is 22.6 Å². The molecule has 0 amide bonds. The first-order chi connectivity index (χ1) is 12.0. The molecule has 0 radical (unpaired) electrons. The summed E-state index contributed by atoms with van der Waals surface area (Å²) in [7, 11) is 0. The van der Waals surface area contributed by atoms with Crippen molar-refractivity contribution in [3.05, 3.63) is 58.4 Å². The number of para-hydroxylation sites is 1. The molecule has 0 saturated heterocycles. The minimum atomic E-state index is -0.0495. The highest BCUT2D eigenvalue weighted by molar-refractivity contribution is 6.01. The Hall–Kier alpha value is -2.69. The van der Waals surface area contributed by atoms with E-state index >= 15 is 0 Å². The fourth-order valence-corrected chi connectivity index (χ4v) is 3.09. The minimum Gasteiger partial charge on any atom is -0.277 e. The standard InChI is InChI=1S/C20H24N4O/c1-5-24-19(25)16-8-6-7-9-17(16)21-20(24)23-22-18-12-15(13(2)3)11-10-14(18)4/h6-10,15H,2,5,11-12H2,1,3-4H3,(H,21,23)/b22-18-/t15-/m1/s1. The molecule has 130 valence electrons. The lowest BCUT2D eigenvalue weighted by atomic mass is 9.85. The molecule has 1 N–H and O–H groups in total. The zero-order valence-corrected chi connectivity index (χ0v) is 15.0. The Balaban J connectivity index is 1.97. The van der Waals surface area contributed by atoms with Crippen LogP contribution in [0.15, 0.2) is 58.0 Å². The van der Waals surface area contributed by atoms with E-state index in [1.54, 1.807) is 10.6 Å². The molecule has 5 heteroatoms. The number of allylic oxidation sites excluding steroid dienone is 3. The van der Waals surface area contributed by atoms with Gasteiger partial charge in [-0.15, -0.1) is 0 Å². The van der Waals surface area contributed by atoms with Crippen molar-refractivity contribution in [3.63, 3.8) is 0 Å². The van der Waals surface area contributed by atoms with Gasteiger partial charge in [-0.1, -0.05) is 30.4 Å². The number of hydrogen-bond acceptors (Lipinski definition) is 4. The zero-order valence-electron chi connectivity index (χ0n) is 15.0. The maximum Gasteiger partial charge on any atom is 0.262 e. The lowest BCUT2D eigenvalue weighted by molar-refractivity contribution is 0.638. The van der Waals surface area contributed by atoms with E-state index in [1.165, 1.54) is 5.57 Å². The molecule has 1 aliphatic rings. The summed E-state index contributed by atoms with van der Waals surface area (Å²) in [6.45, 7) is 10.7. The van der Waals surface area contributed by atoms with Crippen molar-refractivity contribution in [2.24, 2.45) is 11.0 Å². The Morgan fingerprint density at radius 2 is 2.20 bits per heavy atom. The van der Waals surface area contributed by atoms with E-state index in [4.69, 9.17) is 0 Å². The van der Waals surface area contributed by atoms with Gasteiger partial charge in [0, 0.05) is 6.54 Å². The van der Waals surface area contributed by atoms with Crippen molar-refractivity contribution in [3.8, 4) is 0 Å². The Labute approximate surface area is 147 Å². The molecule has 1 aromatic heterocycles. The van der Waals surface area contributed by atoms with Crippen LogP contribution in [-0.4, -0.2) is 15.3 Å². The van der Waals surface area contributed by atoms with Gasteiger partial charge in [0.15, 0.2) is 0 Å². The summed E-state index contributed by atoms with van der Waals surface area (Å²) in [5.74, 6) is 0.895. The summed E-state index contributed by atoms with van der Waals surface area (Å²) in [6.07, 6.45) is 4.06. The third kappa shape index (κ3) is 3.40. The van der Waals surface area contributed by atoms with Gasteiger partial charge in [0.25, 0.3) is 5.56 Å². The molecular weight excluding hydrogens is 312 g/mol. The lowest BCUT2D eigenvalue weighted by Crippen LogP contribution is -2.24. The molecule has 0 aliphatic heterocycles. The van der Waals surface area contributed by atoms with Crippen LogP contribution < -0.4 is 11.0 Å². The van der Waals surface area contributed by atoms with Crippen LogP contribution in [-0.2, 0) is 6.54 Å². The molecule has 0 bridgehead atoms. The maximum absolute atomic E-state index is 12.6. The highest BCUT2D eigenvalue weighted by atomic mass is 16.1. The van der Waals surface area contributed by atoms with Crippen LogP contribution in [0, 0.1) is 5.92 Å². The Morgan fingerprint density at radius 1 is 1.44 bits per heavy atom. The summed E-state index contributed by atoms with van der Waals surface area (Å²) >= 11 is 0. The number of hydrazone groups is 1. The molecule has 1 aromatic carbocycles. The monoisotopic (exact) mass is 336 g/mol. The molecule has 0 unspecified atom stereocenters. The first-order valence-corrected chi connectivity index (χ1v) is 8.66. The largest absolute Gasteiger partial charge is 0.277 e. The van der Waals surface area contributed by atoms with Gasteiger partial charge < -0.3 is 0 Å². The highest BCUT2D eigenvalue weighted by Crippen LogP contribution is 2.26. The van der Waals surface area contributed by atoms with Gasteiger partial charge in [0.05, 0.1) is 16.6 Å². The lowest BCUT2D eigenvalue weighted by Gasteiger charge is -2.22. The van der Waals surface area contributed by atoms with E-state index in [1.807, 2.05) is 25.1 Å². The summed E-state index contributed by atoms with van der Waals surface area (Å²) in [6, 6.07) is 7.38. The van der Waals surface area contributed by atoms with Crippen molar-refractivity contribution in [2.75, 3.05) is 5.43 Å². The Kier molecular flexibility index (Phi) is 4.83. The van der Waals surface area contributed by atoms with Gasteiger partial charge in [0.1, 0.15) is 0 Å². The molecule has 25 heavy (non-hydrogen) atoms. The number of rotatable bonds is 4. The predicted octanol–water partition coefficient (Wildman–Crippen LogP) is 4.12. The topological polar surface area (TPSA) is 59.3 Å². The summed E-state index contributed by atoms with van der Waals surface area (Å²) in [5, 5.41) is 5.18. The second-order valence-corrected chi connectivity index (χ2v) is 6.54. The molecule has 0 spiro atoms. The second-order valence-electron chi connectivity index (χ2n) is 6.54. The average molecular weight is 336 g/mol. The van der Waals surface area contributed by atoms with Crippen molar-refractivity contribution < 1.29 is 0 Å². The van der Waals surface area contributed by atoms with Crippen LogP contribution in [0.3, 0.4) is 0 Å². The Morgan fingerprint density at radius 3 is 2.92 bits per heavy atom. The van der Waals surface area contributed by atoms with Gasteiger partial charge in [-0.2, -0.15) is 5.10 Å². The predicted molar refractivity (Wildman–Crippen MR) is 104 cm³/mol. The van der Waals surface area contributed by atoms with Gasteiger partial charge in [-0.25, -0.2) is 10.4 Å². The molecular formula is C20H24N4O. The normalized spacial score (nSPS) is 19.1. The average Bonchev–Trinajstić information content (AvgIpc) is 2.61. The Bertz CT molecular complexity index is 936. The van der Waals surface area contributed by atoms with Gasteiger partial charge >= 0.3 is 0 Å². The van der Waals surface area contributed by atoms with Crippen molar-refractivity contribution in [1.82, 2.24) is 9.55 Å². The third-order valence-electron chi connectivity index (χ3n) is 4.77. The van der Waals surface area contributed by atoms with E-state index in [-0.39, 0.29) is 5.56 Å². The smallest absolute Gasteiger partial charge is 0.262 e. The number of nitrogens with zero attached hydrogens (tertiary/aromatic N) is 3. The van der Waals surface area contributed by atoms with Crippen LogP contribution in [0.1, 0.15) is 33.6 Å². The van der Waals surface area contributed by atoms with Gasteiger partial charge in [-0.05, 0) is 57.2 Å². The quantitative estimate of drug-likeness (QED) is 0.675. The molecule has 2 aromatic rings. The minimum absolute atomic E-state index is 0.0495. The highest BCUT2D eigenvalue weighted by Gasteiger charge is 2.19. The fourth-order valence-electron chi connectivity index (χ4n) is 3.09. The van der Waals surface area contributed by atoms with Crippen LogP contribution in [0.5, 0.6) is 0 Å². The van der Waals surface area contributed by atoms with E-state index in [2.05, 4.69) is 42.0 Å². The summed E-state index contributed by atoms with van der Waals surface area (Å²) in [5.41, 5.74) is 6.98. The molecule has 0 saturated carbocycles. The second kappa shape index (κ2) is 7.05. The third-order valence-corrected chi connectivity index (χ3v) is 4.77.